The van der Waals surface area contributed by atoms with E-state index in [1.165, 1.54) is 0 Å². The molecule has 5 nitrogen and oxygen atoms in total. The third-order valence-electron chi connectivity index (χ3n) is 2.61. The van der Waals surface area contributed by atoms with Crippen molar-refractivity contribution in [2.45, 2.75) is 37.7 Å². The highest BCUT2D eigenvalue weighted by Gasteiger charge is 2.42. The third kappa shape index (κ3) is 2.13. The van der Waals surface area contributed by atoms with Crippen molar-refractivity contribution < 1.29 is 4.74 Å². The van der Waals surface area contributed by atoms with Crippen molar-refractivity contribution in [1.29, 1.82) is 0 Å². The van der Waals surface area contributed by atoms with Gasteiger partial charge in [-0.2, -0.15) is 0 Å². The van der Waals surface area contributed by atoms with E-state index < -0.39 is 11.3 Å². The first-order valence-electron chi connectivity index (χ1n) is 4.75. The Bertz CT molecular complexity index is 247. The van der Waals surface area contributed by atoms with Gasteiger partial charge >= 0.3 is 0 Å². The molecule has 0 aromatic carbocycles. The van der Waals surface area contributed by atoms with Gasteiger partial charge < -0.3 is 27.7 Å². The summed E-state index contributed by atoms with van der Waals surface area (Å²) in [6.07, 6.45) is 1.81. The predicted octanol–water partition coefficient (Wildman–Crippen LogP) is -1.03. The van der Waals surface area contributed by atoms with E-state index in [0.717, 1.165) is 5.57 Å². The largest absolute Gasteiger partial charge is 0.371 e. The van der Waals surface area contributed by atoms with E-state index in [0.29, 0.717) is 13.0 Å². The minimum absolute atomic E-state index is 0.312. The van der Waals surface area contributed by atoms with Gasteiger partial charge in [-0.3, -0.25) is 0 Å². The monoisotopic (exact) mass is 200 g/mol. The fraction of sp³-hybridized carbons (Fsp3) is 0.778. The van der Waals surface area contributed by atoms with E-state index in [-0.39, 0.29) is 6.10 Å². The second-order valence-corrected chi connectivity index (χ2v) is 4.06. The summed E-state index contributed by atoms with van der Waals surface area (Å²) >= 11 is 0. The Hall–Kier alpha value is -0.460. The second-order valence-electron chi connectivity index (χ2n) is 4.06. The van der Waals surface area contributed by atoms with Crippen molar-refractivity contribution in [3.63, 3.8) is 0 Å². The Morgan fingerprint density at radius 2 is 2.00 bits per heavy atom. The van der Waals surface area contributed by atoms with Gasteiger partial charge in [0.25, 0.3) is 0 Å². The summed E-state index contributed by atoms with van der Waals surface area (Å²) in [6.45, 7) is 4.32. The van der Waals surface area contributed by atoms with Gasteiger partial charge in [0.1, 0.15) is 6.10 Å². The van der Waals surface area contributed by atoms with Gasteiger partial charge in [-0.1, -0.05) is 6.08 Å². The highest BCUT2D eigenvalue weighted by Crippen LogP contribution is 2.27. The molecule has 0 aliphatic heterocycles. The molecule has 82 valence electrons. The zero-order chi connectivity index (χ0) is 11.0. The van der Waals surface area contributed by atoms with Gasteiger partial charge in [-0.25, -0.2) is 0 Å². The lowest BCUT2D eigenvalue weighted by atomic mass is 9.81. The molecule has 1 aliphatic carbocycles. The standard InChI is InChI=1S/C9H20N4O/c1-3-14-7-4-6(2)8(10,11)5-9(7,12)13/h4,7H,3,5,10-13H2,1-2H3. The molecular formula is C9H20N4O. The molecule has 0 amide bonds. The van der Waals surface area contributed by atoms with Gasteiger partial charge in [0.2, 0.25) is 0 Å². The molecule has 14 heavy (non-hydrogen) atoms. The highest BCUT2D eigenvalue weighted by atomic mass is 16.5. The molecule has 1 aliphatic rings. The Morgan fingerprint density at radius 3 is 2.50 bits per heavy atom. The molecule has 0 radical (unpaired) electrons. The van der Waals surface area contributed by atoms with Crippen molar-refractivity contribution in [2.75, 3.05) is 6.61 Å². The maximum absolute atomic E-state index is 5.89. The average Bonchev–Trinajstić information content (AvgIpc) is 1.99. The molecule has 0 spiro atoms. The summed E-state index contributed by atoms with van der Waals surface area (Å²) in [5, 5.41) is 0. The molecule has 0 saturated heterocycles. The summed E-state index contributed by atoms with van der Waals surface area (Å²) in [5.41, 5.74) is 22.4. The molecule has 1 rings (SSSR count). The summed E-state index contributed by atoms with van der Waals surface area (Å²) < 4.78 is 5.42. The summed E-state index contributed by atoms with van der Waals surface area (Å²) in [5.74, 6) is 0. The Labute approximate surface area is 84.4 Å². The van der Waals surface area contributed by atoms with Crippen molar-refractivity contribution in [2.24, 2.45) is 22.9 Å². The van der Waals surface area contributed by atoms with Crippen molar-refractivity contribution >= 4 is 0 Å². The van der Waals surface area contributed by atoms with E-state index in [1.807, 2.05) is 19.9 Å². The molecule has 8 N–H and O–H groups in total. The van der Waals surface area contributed by atoms with Crippen molar-refractivity contribution in [1.82, 2.24) is 0 Å². The molecule has 5 heteroatoms. The van der Waals surface area contributed by atoms with Crippen LogP contribution >= 0.6 is 0 Å². The predicted molar refractivity (Wildman–Crippen MR) is 56.0 cm³/mol. The van der Waals surface area contributed by atoms with Gasteiger partial charge in [-0.05, 0) is 19.4 Å². The van der Waals surface area contributed by atoms with Crippen LogP contribution in [0, 0.1) is 0 Å². The highest BCUT2D eigenvalue weighted by molar-refractivity contribution is 5.25. The smallest absolute Gasteiger partial charge is 0.107 e. The first kappa shape index (κ1) is 11.6. The normalized spacial score (nSPS) is 29.9. The SMILES string of the molecule is CCOC1C=C(C)C(N)(N)CC1(N)N. The zero-order valence-electron chi connectivity index (χ0n) is 8.79. The van der Waals surface area contributed by atoms with Crippen LogP contribution in [0.4, 0.5) is 0 Å². The molecule has 0 aromatic rings. The van der Waals surface area contributed by atoms with E-state index >= 15 is 0 Å². The molecule has 1 unspecified atom stereocenters. The van der Waals surface area contributed by atoms with E-state index in [1.54, 1.807) is 0 Å². The second kappa shape index (κ2) is 3.60. The zero-order valence-corrected chi connectivity index (χ0v) is 8.79. The van der Waals surface area contributed by atoms with Crippen LogP contribution in [0.3, 0.4) is 0 Å². The lowest BCUT2D eigenvalue weighted by Crippen LogP contribution is -2.69. The molecule has 0 aromatic heterocycles. The number of hydrogen-bond acceptors (Lipinski definition) is 5. The van der Waals surface area contributed by atoms with Gasteiger partial charge in [0.05, 0.1) is 11.3 Å². The van der Waals surface area contributed by atoms with Gasteiger partial charge in [0, 0.05) is 13.0 Å². The minimum Gasteiger partial charge on any atom is -0.371 e. The maximum atomic E-state index is 5.89. The van der Waals surface area contributed by atoms with Crippen molar-refractivity contribution in [3.8, 4) is 0 Å². The lowest BCUT2D eigenvalue weighted by Gasteiger charge is -2.43. The van der Waals surface area contributed by atoms with Crippen LogP contribution in [0.1, 0.15) is 20.3 Å². The number of rotatable bonds is 2. The van der Waals surface area contributed by atoms with Crippen LogP contribution in [0.2, 0.25) is 0 Å². The van der Waals surface area contributed by atoms with Crippen LogP contribution in [0.5, 0.6) is 0 Å². The Balaban J connectivity index is 2.93. The molecular weight excluding hydrogens is 180 g/mol. The maximum Gasteiger partial charge on any atom is 0.107 e. The van der Waals surface area contributed by atoms with Crippen LogP contribution in [-0.2, 0) is 4.74 Å². The van der Waals surface area contributed by atoms with Crippen LogP contribution in [-0.4, -0.2) is 24.0 Å². The molecule has 0 heterocycles. The molecule has 0 fully saturated rings. The van der Waals surface area contributed by atoms with Crippen LogP contribution in [0.15, 0.2) is 11.6 Å². The average molecular weight is 200 g/mol. The third-order valence-corrected chi connectivity index (χ3v) is 2.61. The summed E-state index contributed by atoms with van der Waals surface area (Å²) in [6, 6.07) is 0. The number of ether oxygens (including phenoxy) is 1. The fourth-order valence-electron chi connectivity index (χ4n) is 1.67. The lowest BCUT2D eigenvalue weighted by molar-refractivity contribution is 0.0214. The Morgan fingerprint density at radius 1 is 1.43 bits per heavy atom. The number of hydrogen-bond donors (Lipinski definition) is 4. The van der Waals surface area contributed by atoms with E-state index in [9.17, 15) is 0 Å². The first-order chi connectivity index (χ1) is 6.29. The summed E-state index contributed by atoms with van der Waals surface area (Å²) in [4.78, 5) is 0. The summed E-state index contributed by atoms with van der Waals surface area (Å²) in [7, 11) is 0. The van der Waals surface area contributed by atoms with Crippen LogP contribution in [0.25, 0.3) is 0 Å². The van der Waals surface area contributed by atoms with E-state index in [4.69, 9.17) is 27.7 Å². The Kier molecular flexibility index (Phi) is 2.99. The minimum atomic E-state index is -0.987. The molecule has 0 bridgehead atoms. The van der Waals surface area contributed by atoms with Crippen molar-refractivity contribution in [3.05, 3.63) is 11.6 Å². The molecule has 0 saturated carbocycles. The van der Waals surface area contributed by atoms with Gasteiger partial charge in [-0.15, -0.1) is 0 Å². The van der Waals surface area contributed by atoms with Gasteiger partial charge in [0.15, 0.2) is 0 Å². The fourth-order valence-corrected chi connectivity index (χ4v) is 1.67. The quantitative estimate of drug-likeness (QED) is 0.336. The van der Waals surface area contributed by atoms with E-state index in [2.05, 4.69) is 0 Å². The molecule has 1 atom stereocenters. The topological polar surface area (TPSA) is 113 Å². The first-order valence-corrected chi connectivity index (χ1v) is 4.75. The number of nitrogens with two attached hydrogens (primary N) is 4. The van der Waals surface area contributed by atoms with Crippen LogP contribution < -0.4 is 22.9 Å².